The van der Waals surface area contributed by atoms with E-state index in [2.05, 4.69) is 0 Å². The van der Waals surface area contributed by atoms with Crippen LogP contribution in [-0.2, 0) is 4.74 Å². The third-order valence-electron chi connectivity index (χ3n) is 2.84. The normalized spacial score (nSPS) is 10.0. The number of carbonyl (C=O) groups excluding carboxylic acids is 1. The topological polar surface area (TPSA) is 38.8 Å². The monoisotopic (exact) mass is 305 g/mol. The molecule has 0 bridgehead atoms. The maximum absolute atomic E-state index is 11.5. The molecule has 2 aromatic rings. The van der Waals surface area contributed by atoms with Gasteiger partial charge in [0.2, 0.25) is 0 Å². The van der Waals surface area contributed by atoms with Gasteiger partial charge in [-0.15, -0.1) is 0 Å². The Hall–Kier alpha value is -2.20. The van der Waals surface area contributed by atoms with Crippen LogP contribution in [0.5, 0.6) is 5.75 Å². The molecule has 0 unspecified atom stereocenters. The summed E-state index contributed by atoms with van der Waals surface area (Å²) in [7, 11) is 1.93. The molecule has 0 amide bonds. The quantitative estimate of drug-likeness (QED) is 0.618. The smallest absolute Gasteiger partial charge is 0.432 e. The van der Waals surface area contributed by atoms with Crippen LogP contribution in [0, 0.1) is 0 Å². The molecule has 110 valence electrons. The molecule has 0 atom stereocenters. The fourth-order valence-electron chi connectivity index (χ4n) is 1.73. The van der Waals surface area contributed by atoms with Crippen molar-refractivity contribution in [2.24, 2.45) is 0 Å². The van der Waals surface area contributed by atoms with Crippen LogP contribution in [-0.4, -0.2) is 26.4 Å². The van der Waals surface area contributed by atoms with E-state index in [1.54, 1.807) is 24.3 Å². The van der Waals surface area contributed by atoms with Gasteiger partial charge in [-0.2, -0.15) is 0 Å². The Morgan fingerprint density at radius 3 is 2.62 bits per heavy atom. The van der Waals surface area contributed by atoms with Crippen molar-refractivity contribution < 1.29 is 14.3 Å². The van der Waals surface area contributed by atoms with Crippen LogP contribution in [0.1, 0.15) is 0 Å². The first-order chi connectivity index (χ1) is 10.1. The van der Waals surface area contributed by atoms with Crippen LogP contribution >= 0.6 is 11.6 Å². The lowest BCUT2D eigenvalue weighted by Crippen LogP contribution is -2.24. The van der Waals surface area contributed by atoms with E-state index in [9.17, 15) is 4.79 Å². The van der Waals surface area contributed by atoms with Gasteiger partial charge in [-0.25, -0.2) is 4.79 Å². The minimum absolute atomic E-state index is 0.241. The lowest BCUT2D eigenvalue weighted by molar-refractivity contribution is 0.102. The van der Waals surface area contributed by atoms with Crippen molar-refractivity contribution in [1.29, 1.82) is 0 Å². The van der Waals surface area contributed by atoms with Crippen LogP contribution in [0.3, 0.4) is 0 Å². The summed E-state index contributed by atoms with van der Waals surface area (Å²) in [5, 5.41) is 0.504. The van der Waals surface area contributed by atoms with Crippen LogP contribution in [0.4, 0.5) is 10.5 Å². The molecule has 0 heterocycles. The van der Waals surface area contributed by atoms with Gasteiger partial charge in [-0.05, 0) is 30.3 Å². The zero-order valence-electron chi connectivity index (χ0n) is 11.7. The maximum atomic E-state index is 11.5. The van der Waals surface area contributed by atoms with Gasteiger partial charge in [-0.1, -0.05) is 35.9 Å². The van der Waals surface area contributed by atoms with Crippen molar-refractivity contribution in [2.45, 2.75) is 0 Å². The Morgan fingerprint density at radius 2 is 1.90 bits per heavy atom. The molecule has 5 heteroatoms. The second-order valence-corrected chi connectivity index (χ2v) is 4.85. The predicted octanol–water partition coefficient (Wildman–Crippen LogP) is 3.99. The number of nitrogens with zero attached hydrogens (tertiary/aromatic N) is 1. The second kappa shape index (κ2) is 7.55. The molecule has 0 N–H and O–H groups in total. The van der Waals surface area contributed by atoms with Gasteiger partial charge >= 0.3 is 6.16 Å². The lowest BCUT2D eigenvalue weighted by atomic mass is 10.3. The molecule has 0 aliphatic heterocycles. The lowest BCUT2D eigenvalue weighted by Gasteiger charge is -2.18. The number of benzene rings is 2. The number of para-hydroxylation sites is 1. The van der Waals surface area contributed by atoms with E-state index in [0.29, 0.717) is 17.3 Å². The highest BCUT2D eigenvalue weighted by Crippen LogP contribution is 2.17. The molecule has 0 saturated carbocycles. The summed E-state index contributed by atoms with van der Waals surface area (Å²) in [4.78, 5) is 13.5. The highest BCUT2D eigenvalue weighted by molar-refractivity contribution is 6.30. The molecular weight excluding hydrogens is 290 g/mol. The second-order valence-electron chi connectivity index (χ2n) is 4.42. The Morgan fingerprint density at radius 1 is 1.14 bits per heavy atom. The number of anilines is 1. The van der Waals surface area contributed by atoms with Gasteiger partial charge in [0, 0.05) is 17.8 Å². The standard InChI is InChI=1S/C16H16ClNO3/c1-18(14-7-3-2-4-8-14)10-11-20-16(19)21-15-9-5-6-13(17)12-15/h2-9,12H,10-11H2,1H3. The predicted molar refractivity (Wildman–Crippen MR) is 83.1 cm³/mol. The van der Waals surface area contributed by atoms with E-state index < -0.39 is 6.16 Å². The zero-order chi connectivity index (χ0) is 15.1. The molecule has 0 fully saturated rings. The molecule has 2 aromatic carbocycles. The molecule has 0 aromatic heterocycles. The number of halogens is 1. The fraction of sp³-hybridized carbons (Fsp3) is 0.188. The van der Waals surface area contributed by atoms with Gasteiger partial charge in [0.1, 0.15) is 12.4 Å². The summed E-state index contributed by atoms with van der Waals surface area (Å²) in [5.74, 6) is 0.365. The van der Waals surface area contributed by atoms with Crippen molar-refractivity contribution in [1.82, 2.24) is 0 Å². The van der Waals surface area contributed by atoms with Crippen LogP contribution in [0.2, 0.25) is 5.02 Å². The van der Waals surface area contributed by atoms with E-state index in [1.165, 1.54) is 0 Å². The summed E-state index contributed by atoms with van der Waals surface area (Å²) >= 11 is 5.80. The third-order valence-corrected chi connectivity index (χ3v) is 3.08. The number of likely N-dealkylation sites (N-methyl/N-ethyl adjacent to an activating group) is 1. The summed E-state index contributed by atoms with van der Waals surface area (Å²) in [6.07, 6.45) is -0.737. The summed E-state index contributed by atoms with van der Waals surface area (Å²) in [6.45, 7) is 0.819. The van der Waals surface area contributed by atoms with Crippen molar-refractivity contribution in [3.05, 3.63) is 59.6 Å². The van der Waals surface area contributed by atoms with Crippen molar-refractivity contribution in [3.8, 4) is 5.75 Å². The molecule has 0 radical (unpaired) electrons. The van der Waals surface area contributed by atoms with Gasteiger partial charge in [0.15, 0.2) is 0 Å². The molecule has 0 saturated heterocycles. The number of rotatable bonds is 5. The van der Waals surface area contributed by atoms with Gasteiger partial charge in [-0.3, -0.25) is 0 Å². The number of hydrogen-bond donors (Lipinski definition) is 0. The first-order valence-electron chi connectivity index (χ1n) is 6.51. The van der Waals surface area contributed by atoms with Crippen LogP contribution in [0.15, 0.2) is 54.6 Å². The highest BCUT2D eigenvalue weighted by atomic mass is 35.5. The number of ether oxygens (including phenoxy) is 2. The number of hydrogen-bond acceptors (Lipinski definition) is 4. The average molecular weight is 306 g/mol. The third kappa shape index (κ3) is 5.00. The largest absolute Gasteiger partial charge is 0.513 e. The molecule has 0 aliphatic rings. The summed E-state index contributed by atoms with van der Waals surface area (Å²) in [6, 6.07) is 16.5. The minimum atomic E-state index is -0.737. The molecular formula is C16H16ClNO3. The van der Waals surface area contributed by atoms with E-state index in [4.69, 9.17) is 21.1 Å². The Kier molecular flexibility index (Phi) is 5.46. The van der Waals surface area contributed by atoms with Crippen LogP contribution < -0.4 is 9.64 Å². The molecule has 2 rings (SSSR count). The van der Waals surface area contributed by atoms with E-state index in [-0.39, 0.29) is 6.61 Å². The van der Waals surface area contributed by atoms with E-state index in [0.717, 1.165) is 5.69 Å². The molecule has 0 spiro atoms. The van der Waals surface area contributed by atoms with Gasteiger partial charge in [0.25, 0.3) is 0 Å². The minimum Gasteiger partial charge on any atom is -0.432 e. The van der Waals surface area contributed by atoms with Crippen molar-refractivity contribution in [3.63, 3.8) is 0 Å². The number of carbonyl (C=O) groups is 1. The van der Waals surface area contributed by atoms with Gasteiger partial charge < -0.3 is 14.4 Å². The zero-order valence-corrected chi connectivity index (χ0v) is 12.4. The molecule has 21 heavy (non-hydrogen) atoms. The first kappa shape index (κ1) is 15.2. The summed E-state index contributed by atoms with van der Waals surface area (Å²) < 4.78 is 10.1. The summed E-state index contributed by atoms with van der Waals surface area (Å²) in [5.41, 5.74) is 1.06. The van der Waals surface area contributed by atoms with Crippen molar-refractivity contribution >= 4 is 23.4 Å². The fourth-order valence-corrected chi connectivity index (χ4v) is 1.91. The van der Waals surface area contributed by atoms with E-state index in [1.807, 2.05) is 42.3 Å². The highest BCUT2D eigenvalue weighted by Gasteiger charge is 2.07. The molecule has 4 nitrogen and oxygen atoms in total. The Balaban J connectivity index is 1.74. The van der Waals surface area contributed by atoms with Crippen molar-refractivity contribution in [2.75, 3.05) is 25.1 Å². The Labute approximate surface area is 128 Å². The first-order valence-corrected chi connectivity index (χ1v) is 6.89. The van der Waals surface area contributed by atoms with E-state index >= 15 is 0 Å². The molecule has 0 aliphatic carbocycles. The maximum Gasteiger partial charge on any atom is 0.513 e. The average Bonchev–Trinajstić information content (AvgIpc) is 2.48. The Bertz CT molecular complexity index is 589. The van der Waals surface area contributed by atoms with Crippen LogP contribution in [0.25, 0.3) is 0 Å². The van der Waals surface area contributed by atoms with Gasteiger partial charge in [0.05, 0.1) is 6.54 Å². The SMILES string of the molecule is CN(CCOC(=O)Oc1cccc(Cl)c1)c1ccccc1.